The van der Waals surface area contributed by atoms with Crippen molar-refractivity contribution in [2.75, 3.05) is 0 Å². The van der Waals surface area contributed by atoms with Gasteiger partial charge in [0.2, 0.25) is 0 Å². The van der Waals surface area contributed by atoms with Crippen molar-refractivity contribution in [3.63, 3.8) is 0 Å². The minimum atomic E-state index is -1.28. The molecule has 0 bridgehead atoms. The highest BCUT2D eigenvalue weighted by Gasteiger charge is 2.00. The fraction of sp³-hybridized carbons (Fsp3) is 0. The number of halogens is 1. The average Bonchev–Trinajstić information content (AvgIpc) is 2.05. The van der Waals surface area contributed by atoms with Gasteiger partial charge in [-0.05, 0) is 0 Å². The SMILES string of the molecule is O=C(O)/C=C(\F)c1ccccc1. The molecule has 1 rings (SSSR count). The predicted molar refractivity (Wildman–Crippen MR) is 43.2 cm³/mol. The van der Waals surface area contributed by atoms with E-state index >= 15 is 0 Å². The van der Waals surface area contributed by atoms with E-state index in [1.54, 1.807) is 18.2 Å². The number of aliphatic carboxylic acids is 1. The lowest BCUT2D eigenvalue weighted by Crippen LogP contribution is -1.88. The molecule has 0 aromatic heterocycles. The van der Waals surface area contributed by atoms with Crippen LogP contribution in [0, 0.1) is 0 Å². The normalized spacial score (nSPS) is 11.2. The van der Waals surface area contributed by atoms with Crippen LogP contribution in [0.3, 0.4) is 0 Å². The van der Waals surface area contributed by atoms with Crippen LogP contribution in [-0.2, 0) is 4.79 Å². The van der Waals surface area contributed by atoms with Crippen LogP contribution >= 0.6 is 0 Å². The van der Waals surface area contributed by atoms with E-state index in [4.69, 9.17) is 5.11 Å². The fourth-order valence-corrected chi connectivity index (χ4v) is 0.789. The van der Waals surface area contributed by atoms with E-state index in [1.165, 1.54) is 12.1 Å². The minimum Gasteiger partial charge on any atom is -0.478 e. The van der Waals surface area contributed by atoms with E-state index in [9.17, 15) is 9.18 Å². The molecule has 0 spiro atoms. The van der Waals surface area contributed by atoms with Gasteiger partial charge in [0, 0.05) is 5.56 Å². The zero-order valence-corrected chi connectivity index (χ0v) is 6.20. The molecule has 0 atom stereocenters. The van der Waals surface area contributed by atoms with E-state index in [-0.39, 0.29) is 5.56 Å². The number of hydrogen-bond donors (Lipinski definition) is 1. The topological polar surface area (TPSA) is 37.3 Å². The highest BCUT2D eigenvalue weighted by molar-refractivity contribution is 5.87. The van der Waals surface area contributed by atoms with Gasteiger partial charge >= 0.3 is 5.97 Å². The summed E-state index contributed by atoms with van der Waals surface area (Å²) in [7, 11) is 0. The molecule has 3 heteroatoms. The second kappa shape index (κ2) is 3.67. The third-order valence-electron chi connectivity index (χ3n) is 1.30. The molecule has 1 N–H and O–H groups in total. The van der Waals surface area contributed by atoms with Crippen molar-refractivity contribution in [2.24, 2.45) is 0 Å². The molecule has 0 aliphatic rings. The number of rotatable bonds is 2. The summed E-state index contributed by atoms with van der Waals surface area (Å²) in [6.07, 6.45) is 0.537. The van der Waals surface area contributed by atoms with Gasteiger partial charge in [0.1, 0.15) is 5.83 Å². The molecular weight excluding hydrogens is 159 g/mol. The molecular formula is C9H7FO2. The molecule has 0 saturated carbocycles. The van der Waals surface area contributed by atoms with Gasteiger partial charge in [-0.15, -0.1) is 0 Å². The first-order valence-corrected chi connectivity index (χ1v) is 3.35. The van der Waals surface area contributed by atoms with Crippen LogP contribution in [0.25, 0.3) is 5.83 Å². The van der Waals surface area contributed by atoms with E-state index in [0.29, 0.717) is 6.08 Å². The zero-order chi connectivity index (χ0) is 8.97. The Morgan fingerprint density at radius 3 is 2.42 bits per heavy atom. The Balaban J connectivity index is 2.93. The van der Waals surface area contributed by atoms with E-state index < -0.39 is 11.8 Å². The second-order valence-corrected chi connectivity index (χ2v) is 2.20. The largest absolute Gasteiger partial charge is 0.478 e. The summed E-state index contributed by atoms with van der Waals surface area (Å²) in [6.45, 7) is 0. The van der Waals surface area contributed by atoms with Crippen LogP contribution in [0.1, 0.15) is 5.56 Å². The Labute approximate surface area is 69.0 Å². The van der Waals surface area contributed by atoms with Gasteiger partial charge in [0.25, 0.3) is 0 Å². The van der Waals surface area contributed by atoms with Gasteiger partial charge in [0.05, 0.1) is 6.08 Å². The third-order valence-corrected chi connectivity index (χ3v) is 1.30. The van der Waals surface area contributed by atoms with Crippen LogP contribution in [0.15, 0.2) is 36.4 Å². The van der Waals surface area contributed by atoms with Crippen molar-refractivity contribution in [1.82, 2.24) is 0 Å². The van der Waals surface area contributed by atoms with Gasteiger partial charge < -0.3 is 5.11 Å². The van der Waals surface area contributed by atoms with E-state index in [2.05, 4.69) is 0 Å². The first-order chi connectivity index (χ1) is 5.70. The third kappa shape index (κ3) is 2.20. The van der Waals surface area contributed by atoms with Crippen molar-refractivity contribution in [2.45, 2.75) is 0 Å². The lowest BCUT2D eigenvalue weighted by molar-refractivity contribution is -0.131. The molecule has 1 aromatic carbocycles. The maximum Gasteiger partial charge on any atom is 0.331 e. The lowest BCUT2D eigenvalue weighted by Gasteiger charge is -1.93. The molecule has 62 valence electrons. The molecule has 1 aromatic rings. The lowest BCUT2D eigenvalue weighted by atomic mass is 10.2. The molecule has 0 heterocycles. The van der Waals surface area contributed by atoms with Crippen molar-refractivity contribution in [3.05, 3.63) is 42.0 Å². The molecule has 0 aliphatic carbocycles. The Kier molecular flexibility index (Phi) is 2.58. The molecule has 12 heavy (non-hydrogen) atoms. The van der Waals surface area contributed by atoms with Crippen molar-refractivity contribution in [3.8, 4) is 0 Å². The van der Waals surface area contributed by atoms with Crippen molar-refractivity contribution < 1.29 is 14.3 Å². The second-order valence-electron chi connectivity index (χ2n) is 2.20. The molecule has 0 fully saturated rings. The summed E-state index contributed by atoms with van der Waals surface area (Å²) < 4.78 is 12.9. The summed E-state index contributed by atoms with van der Waals surface area (Å²) in [4.78, 5) is 10.1. The highest BCUT2D eigenvalue weighted by atomic mass is 19.1. The number of hydrogen-bond acceptors (Lipinski definition) is 1. The summed E-state index contributed by atoms with van der Waals surface area (Å²) in [5, 5.41) is 8.23. The fourth-order valence-electron chi connectivity index (χ4n) is 0.789. The quantitative estimate of drug-likeness (QED) is 0.683. The average molecular weight is 166 g/mol. The Bertz CT molecular complexity index is 304. The number of carbonyl (C=O) groups is 1. The molecule has 0 amide bonds. The van der Waals surface area contributed by atoms with Crippen molar-refractivity contribution >= 4 is 11.8 Å². The zero-order valence-electron chi connectivity index (χ0n) is 6.20. The molecule has 0 saturated heterocycles. The first kappa shape index (κ1) is 8.46. The minimum absolute atomic E-state index is 0.278. The number of carboxylic acids is 1. The highest BCUT2D eigenvalue weighted by Crippen LogP contribution is 2.14. The van der Waals surface area contributed by atoms with Gasteiger partial charge in [-0.2, -0.15) is 0 Å². The smallest absolute Gasteiger partial charge is 0.331 e. The van der Waals surface area contributed by atoms with Gasteiger partial charge in [-0.25, -0.2) is 9.18 Å². The molecule has 0 radical (unpaired) electrons. The summed E-state index contributed by atoms with van der Waals surface area (Å²) in [6, 6.07) is 8.04. The number of carboxylic acid groups (broad SMARTS) is 1. The molecule has 0 aliphatic heterocycles. The first-order valence-electron chi connectivity index (χ1n) is 3.35. The standard InChI is InChI=1S/C9H7FO2/c10-8(6-9(11)12)7-4-2-1-3-5-7/h1-6H,(H,11,12)/b8-6-. The van der Waals surface area contributed by atoms with Crippen LogP contribution in [0.5, 0.6) is 0 Å². The van der Waals surface area contributed by atoms with Gasteiger partial charge in [0.15, 0.2) is 0 Å². The number of benzene rings is 1. The summed E-state index contributed by atoms with van der Waals surface area (Å²) in [5.41, 5.74) is 0.278. The van der Waals surface area contributed by atoms with Crippen LogP contribution < -0.4 is 0 Å². The summed E-state index contributed by atoms with van der Waals surface area (Å²) in [5.74, 6) is -2.01. The van der Waals surface area contributed by atoms with Gasteiger partial charge in [-0.1, -0.05) is 30.3 Å². The van der Waals surface area contributed by atoms with E-state index in [1.807, 2.05) is 0 Å². The maximum atomic E-state index is 12.9. The van der Waals surface area contributed by atoms with Crippen molar-refractivity contribution in [1.29, 1.82) is 0 Å². The predicted octanol–water partition coefficient (Wildman–Crippen LogP) is 2.08. The monoisotopic (exact) mass is 166 g/mol. The van der Waals surface area contributed by atoms with Gasteiger partial charge in [-0.3, -0.25) is 0 Å². The molecule has 2 nitrogen and oxygen atoms in total. The van der Waals surface area contributed by atoms with E-state index in [0.717, 1.165) is 0 Å². The Hall–Kier alpha value is -1.64. The van der Waals surface area contributed by atoms with Crippen LogP contribution in [0.2, 0.25) is 0 Å². The maximum absolute atomic E-state index is 12.9. The molecule has 0 unspecified atom stereocenters. The summed E-state index contributed by atoms with van der Waals surface area (Å²) >= 11 is 0. The van der Waals surface area contributed by atoms with Crippen LogP contribution in [0.4, 0.5) is 4.39 Å². The Morgan fingerprint density at radius 1 is 1.33 bits per heavy atom. The van der Waals surface area contributed by atoms with Crippen LogP contribution in [-0.4, -0.2) is 11.1 Å². The Morgan fingerprint density at radius 2 is 1.92 bits per heavy atom.